The maximum absolute atomic E-state index is 11.9. The van der Waals surface area contributed by atoms with E-state index >= 15 is 0 Å². The van der Waals surface area contributed by atoms with Crippen LogP contribution in [0.25, 0.3) is 0 Å². The van der Waals surface area contributed by atoms with Gasteiger partial charge in [0, 0.05) is 10.0 Å². The number of carbonyl (C=O) groups is 1. The smallest absolute Gasteiger partial charge is 0.177 e. The molecule has 0 fully saturated rings. The standard InChI is InChI=1S/C11H10Br2O3/c1-6(12)11(14)7-4-9-10(5-8(7)13)16-3-2-15-9/h4-6H,2-3H2,1H3. The molecule has 0 bridgehead atoms. The molecular weight excluding hydrogens is 340 g/mol. The minimum atomic E-state index is -0.216. The Morgan fingerprint density at radius 2 is 1.88 bits per heavy atom. The highest BCUT2D eigenvalue weighted by Gasteiger charge is 2.20. The first-order chi connectivity index (χ1) is 7.59. The third-order valence-electron chi connectivity index (χ3n) is 2.26. The van der Waals surface area contributed by atoms with Gasteiger partial charge in [-0.25, -0.2) is 0 Å². The van der Waals surface area contributed by atoms with Crippen molar-refractivity contribution in [1.82, 2.24) is 0 Å². The third-order valence-corrected chi connectivity index (χ3v) is 3.33. The molecule has 1 aromatic carbocycles. The van der Waals surface area contributed by atoms with Crippen molar-refractivity contribution >= 4 is 37.6 Å². The summed E-state index contributed by atoms with van der Waals surface area (Å²) in [6.07, 6.45) is 0. The lowest BCUT2D eigenvalue weighted by Crippen LogP contribution is -2.17. The van der Waals surface area contributed by atoms with E-state index in [1.807, 2.05) is 0 Å². The Labute approximate surface area is 110 Å². The Balaban J connectivity index is 2.43. The molecule has 86 valence electrons. The number of ether oxygens (including phenoxy) is 2. The summed E-state index contributed by atoms with van der Waals surface area (Å²) in [5.41, 5.74) is 0.605. The van der Waals surface area contributed by atoms with Gasteiger partial charge in [-0.05, 0) is 35.0 Å². The fourth-order valence-corrected chi connectivity index (χ4v) is 2.23. The highest BCUT2D eigenvalue weighted by molar-refractivity contribution is 9.10. The van der Waals surface area contributed by atoms with Crippen LogP contribution in [-0.4, -0.2) is 23.8 Å². The van der Waals surface area contributed by atoms with Crippen LogP contribution in [0.3, 0.4) is 0 Å². The molecule has 1 aromatic rings. The highest BCUT2D eigenvalue weighted by Crippen LogP contribution is 2.36. The van der Waals surface area contributed by atoms with Gasteiger partial charge in [0.25, 0.3) is 0 Å². The molecule has 0 saturated carbocycles. The van der Waals surface area contributed by atoms with Crippen molar-refractivity contribution in [2.24, 2.45) is 0 Å². The van der Waals surface area contributed by atoms with Crippen LogP contribution in [0.2, 0.25) is 0 Å². The summed E-state index contributed by atoms with van der Waals surface area (Å²) in [6, 6.07) is 3.50. The lowest BCUT2D eigenvalue weighted by atomic mass is 10.1. The predicted molar refractivity (Wildman–Crippen MR) is 67.9 cm³/mol. The first-order valence-corrected chi connectivity index (χ1v) is 6.58. The van der Waals surface area contributed by atoms with Gasteiger partial charge in [0.05, 0.1) is 4.83 Å². The van der Waals surface area contributed by atoms with Gasteiger partial charge in [-0.1, -0.05) is 15.9 Å². The zero-order valence-corrected chi connectivity index (χ0v) is 11.8. The molecule has 1 aliphatic rings. The number of benzene rings is 1. The number of carbonyl (C=O) groups excluding carboxylic acids is 1. The number of ketones is 1. The van der Waals surface area contributed by atoms with Gasteiger partial charge in [-0.2, -0.15) is 0 Å². The largest absolute Gasteiger partial charge is 0.486 e. The van der Waals surface area contributed by atoms with Crippen molar-refractivity contribution in [3.8, 4) is 11.5 Å². The molecule has 0 N–H and O–H groups in total. The number of hydrogen-bond acceptors (Lipinski definition) is 3. The van der Waals surface area contributed by atoms with Crippen LogP contribution in [-0.2, 0) is 0 Å². The van der Waals surface area contributed by atoms with Crippen molar-refractivity contribution < 1.29 is 14.3 Å². The lowest BCUT2D eigenvalue weighted by Gasteiger charge is -2.19. The Bertz CT molecular complexity index is 429. The minimum Gasteiger partial charge on any atom is -0.486 e. The monoisotopic (exact) mass is 348 g/mol. The molecule has 1 heterocycles. The Kier molecular flexibility index (Phi) is 3.54. The summed E-state index contributed by atoms with van der Waals surface area (Å²) in [7, 11) is 0. The average molecular weight is 350 g/mol. The van der Waals surface area contributed by atoms with Gasteiger partial charge in [0.15, 0.2) is 17.3 Å². The van der Waals surface area contributed by atoms with E-state index < -0.39 is 0 Å². The molecule has 0 aromatic heterocycles. The molecule has 5 heteroatoms. The Morgan fingerprint density at radius 3 is 2.44 bits per heavy atom. The van der Waals surface area contributed by atoms with E-state index in [1.165, 1.54) is 0 Å². The zero-order chi connectivity index (χ0) is 11.7. The first-order valence-electron chi connectivity index (χ1n) is 4.87. The molecule has 0 amide bonds. The molecule has 16 heavy (non-hydrogen) atoms. The van der Waals surface area contributed by atoms with Crippen molar-refractivity contribution in [3.63, 3.8) is 0 Å². The molecule has 2 rings (SSSR count). The number of hydrogen-bond donors (Lipinski definition) is 0. The van der Waals surface area contributed by atoms with Gasteiger partial charge in [-0.3, -0.25) is 4.79 Å². The van der Waals surface area contributed by atoms with Crippen molar-refractivity contribution in [1.29, 1.82) is 0 Å². The van der Waals surface area contributed by atoms with Crippen molar-refractivity contribution in [2.75, 3.05) is 13.2 Å². The van der Waals surface area contributed by atoms with E-state index in [4.69, 9.17) is 9.47 Å². The summed E-state index contributed by atoms with van der Waals surface area (Å²) in [4.78, 5) is 11.7. The summed E-state index contributed by atoms with van der Waals surface area (Å²) in [5.74, 6) is 1.33. The van der Waals surface area contributed by atoms with E-state index in [-0.39, 0.29) is 10.6 Å². The van der Waals surface area contributed by atoms with Crippen LogP contribution in [0.5, 0.6) is 11.5 Å². The second-order valence-corrected chi connectivity index (χ2v) is 5.68. The molecule has 0 saturated heterocycles. The van der Waals surface area contributed by atoms with E-state index in [9.17, 15) is 4.79 Å². The molecule has 0 aliphatic carbocycles. The van der Waals surface area contributed by atoms with Crippen LogP contribution in [0.15, 0.2) is 16.6 Å². The molecule has 3 nitrogen and oxygen atoms in total. The van der Waals surface area contributed by atoms with Crippen LogP contribution in [0, 0.1) is 0 Å². The second kappa shape index (κ2) is 4.75. The summed E-state index contributed by atoms with van der Waals surface area (Å²) >= 11 is 6.63. The number of halogens is 2. The van der Waals surface area contributed by atoms with Crippen molar-refractivity contribution in [2.45, 2.75) is 11.8 Å². The molecule has 0 radical (unpaired) electrons. The third kappa shape index (κ3) is 2.25. The molecular formula is C11H10Br2O3. The van der Waals surface area contributed by atoms with Crippen LogP contribution < -0.4 is 9.47 Å². The number of alkyl halides is 1. The lowest BCUT2D eigenvalue weighted by molar-refractivity contribution is 0.0994. The molecule has 1 atom stereocenters. The van der Waals surface area contributed by atoms with E-state index in [2.05, 4.69) is 31.9 Å². The minimum absolute atomic E-state index is 0.0175. The quantitative estimate of drug-likeness (QED) is 0.607. The zero-order valence-electron chi connectivity index (χ0n) is 8.63. The van der Waals surface area contributed by atoms with Gasteiger partial charge in [-0.15, -0.1) is 0 Å². The summed E-state index contributed by atoms with van der Waals surface area (Å²) in [6.45, 7) is 2.86. The number of rotatable bonds is 2. The Morgan fingerprint density at radius 1 is 1.31 bits per heavy atom. The first kappa shape index (κ1) is 11.9. The Hall–Kier alpha value is -0.550. The molecule has 0 spiro atoms. The van der Waals surface area contributed by atoms with E-state index in [0.29, 0.717) is 30.3 Å². The SMILES string of the molecule is CC(Br)C(=O)c1cc2c(cc1Br)OCCO2. The second-order valence-electron chi connectivity index (χ2n) is 3.46. The van der Waals surface area contributed by atoms with Crippen LogP contribution in [0.4, 0.5) is 0 Å². The number of fused-ring (bicyclic) bond motifs is 1. The van der Waals surface area contributed by atoms with Gasteiger partial charge < -0.3 is 9.47 Å². The predicted octanol–water partition coefficient (Wildman–Crippen LogP) is 3.19. The van der Waals surface area contributed by atoms with Crippen LogP contribution in [0.1, 0.15) is 17.3 Å². The van der Waals surface area contributed by atoms with E-state index in [0.717, 1.165) is 4.47 Å². The maximum Gasteiger partial charge on any atom is 0.177 e. The van der Waals surface area contributed by atoms with Gasteiger partial charge in [0.1, 0.15) is 13.2 Å². The summed E-state index contributed by atoms with van der Waals surface area (Å²) in [5, 5.41) is 0. The van der Waals surface area contributed by atoms with Gasteiger partial charge >= 0.3 is 0 Å². The van der Waals surface area contributed by atoms with Gasteiger partial charge in [0.2, 0.25) is 0 Å². The fourth-order valence-electron chi connectivity index (χ4n) is 1.47. The fraction of sp³-hybridized carbons (Fsp3) is 0.364. The highest BCUT2D eigenvalue weighted by atomic mass is 79.9. The van der Waals surface area contributed by atoms with Crippen LogP contribution >= 0.6 is 31.9 Å². The molecule has 1 unspecified atom stereocenters. The van der Waals surface area contributed by atoms with Crippen molar-refractivity contribution in [3.05, 3.63) is 22.2 Å². The summed E-state index contributed by atoms with van der Waals surface area (Å²) < 4.78 is 11.6. The van der Waals surface area contributed by atoms with E-state index in [1.54, 1.807) is 19.1 Å². The normalized spacial score (nSPS) is 15.7. The topological polar surface area (TPSA) is 35.5 Å². The molecule has 1 aliphatic heterocycles. The average Bonchev–Trinajstić information content (AvgIpc) is 2.27. The number of Topliss-reactive ketones (excluding diaryl/α,β-unsaturated/α-hetero) is 1. The maximum atomic E-state index is 11.9.